The summed E-state index contributed by atoms with van der Waals surface area (Å²) in [6.45, 7) is 4.35. The van der Waals surface area contributed by atoms with Gasteiger partial charge >= 0.3 is 0 Å². The predicted octanol–water partition coefficient (Wildman–Crippen LogP) is 4.77. The number of rotatable bonds is 6. The van der Waals surface area contributed by atoms with Gasteiger partial charge in [0.05, 0.1) is 5.69 Å². The van der Waals surface area contributed by atoms with Crippen LogP contribution in [0.25, 0.3) is 0 Å². The first-order valence-electron chi connectivity index (χ1n) is 7.21. The maximum Gasteiger partial charge on any atom is 0.0643 e. The molecule has 2 atom stereocenters. The maximum absolute atomic E-state index is 6.35. The Morgan fingerprint density at radius 3 is 2.76 bits per heavy atom. The fraction of sp³-hybridized carbons (Fsp3) is 0.438. The Bertz CT molecular complexity index is 597. The number of hydrogen-bond donors (Lipinski definition) is 1. The normalized spacial score (nSPS) is 14.1. The van der Waals surface area contributed by atoms with Gasteiger partial charge in [-0.1, -0.05) is 40.5 Å². The summed E-state index contributed by atoms with van der Waals surface area (Å²) < 4.78 is 3.03. The monoisotopic (exact) mass is 369 g/mol. The van der Waals surface area contributed by atoms with Gasteiger partial charge in [-0.3, -0.25) is 4.68 Å². The molecule has 5 heteroatoms. The van der Waals surface area contributed by atoms with Crippen LogP contribution in [0.2, 0.25) is 5.02 Å². The molecule has 1 aromatic heterocycles. The Morgan fingerprint density at radius 1 is 1.38 bits per heavy atom. The lowest BCUT2D eigenvalue weighted by atomic mass is 10.0. The Kier molecular flexibility index (Phi) is 5.85. The minimum atomic E-state index is 0.158. The van der Waals surface area contributed by atoms with Crippen LogP contribution in [0.3, 0.4) is 0 Å². The van der Waals surface area contributed by atoms with Gasteiger partial charge in [0.25, 0.3) is 0 Å². The van der Waals surface area contributed by atoms with Crippen molar-refractivity contribution in [2.24, 2.45) is 0 Å². The van der Waals surface area contributed by atoms with E-state index >= 15 is 0 Å². The number of nitrogens with zero attached hydrogens (tertiary/aromatic N) is 2. The lowest BCUT2D eigenvalue weighted by molar-refractivity contribution is 0.469. The third kappa shape index (κ3) is 4.09. The predicted molar refractivity (Wildman–Crippen MR) is 91.9 cm³/mol. The van der Waals surface area contributed by atoms with Crippen LogP contribution in [0.15, 0.2) is 34.9 Å². The van der Waals surface area contributed by atoms with Gasteiger partial charge in [0.15, 0.2) is 0 Å². The molecule has 0 spiro atoms. The molecule has 0 aliphatic heterocycles. The van der Waals surface area contributed by atoms with E-state index in [1.54, 1.807) is 0 Å². The summed E-state index contributed by atoms with van der Waals surface area (Å²) in [5.41, 5.74) is 2.18. The topological polar surface area (TPSA) is 29.9 Å². The Morgan fingerprint density at radius 2 is 2.14 bits per heavy atom. The van der Waals surface area contributed by atoms with Gasteiger partial charge in [0, 0.05) is 34.2 Å². The number of benzene rings is 1. The fourth-order valence-corrected chi connectivity index (χ4v) is 3.08. The number of hydrogen-bond acceptors (Lipinski definition) is 2. The van der Waals surface area contributed by atoms with Gasteiger partial charge in [-0.05, 0) is 44.2 Å². The molecule has 0 fully saturated rings. The SMILES string of the molecule is CCC(C)n1ccc(CC(NC)c2ccc(Br)cc2Cl)n1. The van der Waals surface area contributed by atoms with Crippen molar-refractivity contribution in [3.8, 4) is 0 Å². The number of likely N-dealkylation sites (N-methyl/N-ethyl adjacent to an activating group) is 1. The Hall–Kier alpha value is -0.840. The molecule has 0 saturated heterocycles. The lowest BCUT2D eigenvalue weighted by Crippen LogP contribution is -2.19. The van der Waals surface area contributed by atoms with Crippen LogP contribution in [-0.2, 0) is 6.42 Å². The van der Waals surface area contributed by atoms with Gasteiger partial charge in [-0.2, -0.15) is 5.10 Å². The van der Waals surface area contributed by atoms with E-state index < -0.39 is 0 Å². The van der Waals surface area contributed by atoms with Gasteiger partial charge < -0.3 is 5.32 Å². The van der Waals surface area contributed by atoms with Crippen LogP contribution in [0.5, 0.6) is 0 Å². The third-order valence-electron chi connectivity index (χ3n) is 3.81. The van der Waals surface area contributed by atoms with Crippen molar-refractivity contribution in [2.75, 3.05) is 7.05 Å². The summed E-state index contributed by atoms with van der Waals surface area (Å²) in [7, 11) is 1.95. The highest BCUT2D eigenvalue weighted by atomic mass is 79.9. The van der Waals surface area contributed by atoms with Crippen LogP contribution in [0.4, 0.5) is 0 Å². The summed E-state index contributed by atoms with van der Waals surface area (Å²) in [5, 5.41) is 8.76. The van der Waals surface area contributed by atoms with E-state index in [1.165, 1.54) is 0 Å². The molecule has 114 valence electrons. The maximum atomic E-state index is 6.35. The number of nitrogens with one attached hydrogen (secondary N) is 1. The van der Waals surface area contributed by atoms with Crippen LogP contribution < -0.4 is 5.32 Å². The molecule has 1 heterocycles. The number of aromatic nitrogens is 2. The van der Waals surface area contributed by atoms with Crippen molar-refractivity contribution < 1.29 is 0 Å². The van der Waals surface area contributed by atoms with E-state index in [2.05, 4.69) is 58.5 Å². The quantitative estimate of drug-likeness (QED) is 0.793. The second-order valence-electron chi connectivity index (χ2n) is 5.26. The molecule has 1 aromatic carbocycles. The summed E-state index contributed by atoms with van der Waals surface area (Å²) in [4.78, 5) is 0. The van der Waals surface area contributed by atoms with Crippen LogP contribution in [0.1, 0.15) is 43.6 Å². The molecular formula is C16H21BrClN3. The molecule has 0 aliphatic rings. The average Bonchev–Trinajstić information content (AvgIpc) is 2.93. The van der Waals surface area contributed by atoms with Crippen LogP contribution in [0, 0.1) is 0 Å². The van der Waals surface area contributed by atoms with Crippen molar-refractivity contribution in [3.63, 3.8) is 0 Å². The smallest absolute Gasteiger partial charge is 0.0643 e. The van der Waals surface area contributed by atoms with Crippen LogP contribution >= 0.6 is 27.5 Å². The average molecular weight is 371 g/mol. The molecule has 0 aliphatic carbocycles. The van der Waals surface area contributed by atoms with Crippen molar-refractivity contribution in [1.82, 2.24) is 15.1 Å². The van der Waals surface area contributed by atoms with Crippen molar-refractivity contribution in [1.29, 1.82) is 0 Å². The Balaban J connectivity index is 2.17. The zero-order valence-corrected chi connectivity index (χ0v) is 14.9. The van der Waals surface area contributed by atoms with Crippen molar-refractivity contribution in [2.45, 2.75) is 38.8 Å². The van der Waals surface area contributed by atoms with Crippen molar-refractivity contribution >= 4 is 27.5 Å². The molecule has 0 radical (unpaired) electrons. The molecule has 2 aromatic rings. The van der Waals surface area contributed by atoms with E-state index in [0.717, 1.165) is 33.6 Å². The van der Waals surface area contributed by atoms with Gasteiger partial charge in [0.1, 0.15) is 0 Å². The van der Waals surface area contributed by atoms with E-state index in [9.17, 15) is 0 Å². The third-order valence-corrected chi connectivity index (χ3v) is 4.63. The molecule has 2 rings (SSSR count). The standard InChI is InChI=1S/C16H21BrClN3/c1-4-11(2)21-8-7-13(20-21)10-16(19-3)14-6-5-12(17)9-15(14)18/h5-9,11,16,19H,4,10H2,1-3H3. The second kappa shape index (κ2) is 7.43. The van der Waals surface area contributed by atoms with Gasteiger partial charge in [0.2, 0.25) is 0 Å². The summed E-state index contributed by atoms with van der Waals surface area (Å²) >= 11 is 9.79. The highest BCUT2D eigenvalue weighted by Crippen LogP contribution is 2.28. The molecule has 1 N–H and O–H groups in total. The lowest BCUT2D eigenvalue weighted by Gasteiger charge is -2.17. The van der Waals surface area contributed by atoms with Gasteiger partial charge in [-0.25, -0.2) is 0 Å². The van der Waals surface area contributed by atoms with E-state index in [0.29, 0.717) is 6.04 Å². The van der Waals surface area contributed by atoms with Crippen LogP contribution in [-0.4, -0.2) is 16.8 Å². The second-order valence-corrected chi connectivity index (χ2v) is 6.58. The highest BCUT2D eigenvalue weighted by molar-refractivity contribution is 9.10. The molecule has 3 nitrogen and oxygen atoms in total. The van der Waals surface area contributed by atoms with E-state index in [-0.39, 0.29) is 6.04 Å². The first-order chi connectivity index (χ1) is 10.0. The van der Waals surface area contributed by atoms with E-state index in [4.69, 9.17) is 11.6 Å². The zero-order valence-electron chi connectivity index (χ0n) is 12.6. The first kappa shape index (κ1) is 16.5. The summed E-state index contributed by atoms with van der Waals surface area (Å²) in [6, 6.07) is 8.68. The molecular weight excluding hydrogens is 350 g/mol. The molecule has 21 heavy (non-hydrogen) atoms. The fourth-order valence-electron chi connectivity index (χ4n) is 2.28. The van der Waals surface area contributed by atoms with E-state index in [1.807, 2.05) is 23.9 Å². The highest BCUT2D eigenvalue weighted by Gasteiger charge is 2.16. The summed E-state index contributed by atoms with van der Waals surface area (Å²) in [5.74, 6) is 0. The minimum absolute atomic E-state index is 0.158. The zero-order chi connectivity index (χ0) is 15.4. The molecule has 0 bridgehead atoms. The van der Waals surface area contributed by atoms with Gasteiger partial charge in [-0.15, -0.1) is 0 Å². The Labute approximate surface area is 139 Å². The minimum Gasteiger partial charge on any atom is -0.313 e. The molecule has 0 amide bonds. The molecule has 0 saturated carbocycles. The number of halogens is 2. The largest absolute Gasteiger partial charge is 0.313 e. The molecule has 2 unspecified atom stereocenters. The van der Waals surface area contributed by atoms with Crippen molar-refractivity contribution in [3.05, 3.63) is 51.2 Å². The summed E-state index contributed by atoms with van der Waals surface area (Å²) in [6.07, 6.45) is 3.95. The first-order valence-corrected chi connectivity index (χ1v) is 8.38.